The zero-order valence-corrected chi connectivity index (χ0v) is 18.4. The number of carbonyl (C=O) groups excluding carboxylic acids is 1. The molecule has 0 saturated carbocycles. The number of hydrogen-bond donors (Lipinski definition) is 1. The van der Waals surface area contributed by atoms with Crippen LogP contribution in [-0.2, 0) is 12.0 Å². The van der Waals surface area contributed by atoms with E-state index in [1.165, 1.54) is 4.68 Å². The average molecular weight is 408 g/mol. The minimum Gasteiger partial charge on any atom is -0.495 e. The van der Waals surface area contributed by atoms with Gasteiger partial charge in [0.15, 0.2) is 5.69 Å². The van der Waals surface area contributed by atoms with Gasteiger partial charge in [0.25, 0.3) is 11.5 Å². The van der Waals surface area contributed by atoms with Crippen LogP contribution in [-0.4, -0.2) is 22.8 Å². The van der Waals surface area contributed by atoms with Crippen LogP contribution in [0.2, 0.25) is 0 Å². The summed E-state index contributed by atoms with van der Waals surface area (Å²) in [5.41, 5.74) is 1.59. The van der Waals surface area contributed by atoms with E-state index in [2.05, 4.69) is 31.2 Å². The number of methoxy groups -OCH3 is 1. The van der Waals surface area contributed by atoms with Gasteiger partial charge in [-0.15, -0.1) is 0 Å². The second-order valence-corrected chi connectivity index (χ2v) is 8.89. The normalized spacial score (nSPS) is 11.7. The molecule has 0 aliphatic heterocycles. The first-order valence-corrected chi connectivity index (χ1v) is 10.1. The molecule has 1 N–H and O–H groups in total. The summed E-state index contributed by atoms with van der Waals surface area (Å²) >= 11 is 0. The second-order valence-electron chi connectivity index (χ2n) is 8.89. The standard InChI is InChI=1S/C24H29N3O3/c1-15(2)14-27-23(29)18-10-8-7-9-17(18)21(26-27)22(28)25-19-13-16(24(3,4)5)11-12-20(19)30-6/h7-13,15H,14H2,1-6H3,(H,25,28). The molecule has 6 nitrogen and oxygen atoms in total. The Morgan fingerprint density at radius 3 is 2.40 bits per heavy atom. The highest BCUT2D eigenvalue weighted by Gasteiger charge is 2.20. The highest BCUT2D eigenvalue weighted by atomic mass is 16.5. The van der Waals surface area contributed by atoms with E-state index in [0.717, 1.165) is 5.56 Å². The number of aromatic nitrogens is 2. The SMILES string of the molecule is COc1ccc(C(C)(C)C)cc1NC(=O)c1nn(CC(C)C)c(=O)c2ccccc12. The van der Waals surface area contributed by atoms with E-state index in [1.54, 1.807) is 31.4 Å². The molecule has 30 heavy (non-hydrogen) atoms. The number of benzene rings is 2. The van der Waals surface area contributed by atoms with Crippen LogP contribution >= 0.6 is 0 Å². The Balaban J connectivity index is 2.10. The molecule has 3 aromatic rings. The Morgan fingerprint density at radius 1 is 1.13 bits per heavy atom. The Labute approximate surface area is 176 Å². The number of fused-ring (bicyclic) bond motifs is 1. The van der Waals surface area contributed by atoms with Gasteiger partial charge in [-0.05, 0) is 35.1 Å². The van der Waals surface area contributed by atoms with Gasteiger partial charge in [-0.25, -0.2) is 4.68 Å². The maximum Gasteiger partial charge on any atom is 0.276 e. The van der Waals surface area contributed by atoms with Crippen LogP contribution in [0.5, 0.6) is 5.75 Å². The van der Waals surface area contributed by atoms with Gasteiger partial charge in [-0.1, -0.05) is 58.9 Å². The molecular formula is C24H29N3O3. The van der Waals surface area contributed by atoms with E-state index < -0.39 is 0 Å². The first kappa shape index (κ1) is 21.6. The fourth-order valence-corrected chi connectivity index (χ4v) is 3.33. The van der Waals surface area contributed by atoms with E-state index >= 15 is 0 Å². The predicted octanol–water partition coefficient (Wildman–Crippen LogP) is 4.61. The molecule has 0 unspecified atom stereocenters. The molecule has 1 heterocycles. The van der Waals surface area contributed by atoms with Crippen molar-refractivity contribution in [3.05, 3.63) is 64.1 Å². The van der Waals surface area contributed by atoms with Gasteiger partial charge in [-0.2, -0.15) is 5.10 Å². The van der Waals surface area contributed by atoms with Gasteiger partial charge in [0, 0.05) is 11.9 Å². The van der Waals surface area contributed by atoms with Crippen molar-refractivity contribution in [1.29, 1.82) is 0 Å². The van der Waals surface area contributed by atoms with Gasteiger partial charge in [-0.3, -0.25) is 9.59 Å². The molecule has 1 amide bonds. The summed E-state index contributed by atoms with van der Waals surface area (Å²) in [6, 6.07) is 12.8. The average Bonchev–Trinajstić information content (AvgIpc) is 2.69. The number of amides is 1. The van der Waals surface area contributed by atoms with Crippen molar-refractivity contribution in [2.75, 3.05) is 12.4 Å². The minimum atomic E-state index is -0.381. The molecule has 2 aromatic carbocycles. The third-order valence-electron chi connectivity index (χ3n) is 4.93. The van der Waals surface area contributed by atoms with Crippen molar-refractivity contribution < 1.29 is 9.53 Å². The maximum atomic E-state index is 13.3. The monoisotopic (exact) mass is 407 g/mol. The van der Waals surface area contributed by atoms with Crippen molar-refractivity contribution in [3.8, 4) is 5.75 Å². The van der Waals surface area contributed by atoms with E-state index in [0.29, 0.717) is 28.8 Å². The molecule has 158 valence electrons. The van der Waals surface area contributed by atoms with Gasteiger partial charge in [0.1, 0.15) is 5.75 Å². The smallest absolute Gasteiger partial charge is 0.276 e. The third kappa shape index (κ3) is 4.37. The zero-order chi connectivity index (χ0) is 22.1. The fraction of sp³-hybridized carbons (Fsp3) is 0.375. The summed E-state index contributed by atoms with van der Waals surface area (Å²) in [6.45, 7) is 10.8. The van der Waals surface area contributed by atoms with Crippen molar-refractivity contribution in [2.45, 2.75) is 46.6 Å². The number of carbonyl (C=O) groups is 1. The number of anilines is 1. The number of ether oxygens (including phenoxy) is 1. The van der Waals surface area contributed by atoms with E-state index in [9.17, 15) is 9.59 Å². The number of nitrogens with one attached hydrogen (secondary N) is 1. The topological polar surface area (TPSA) is 73.2 Å². The molecule has 0 fully saturated rings. The Hall–Kier alpha value is -3.15. The Morgan fingerprint density at radius 2 is 1.80 bits per heavy atom. The summed E-state index contributed by atoms with van der Waals surface area (Å²) < 4.78 is 6.82. The quantitative estimate of drug-likeness (QED) is 0.670. The summed E-state index contributed by atoms with van der Waals surface area (Å²) in [5.74, 6) is 0.403. The van der Waals surface area contributed by atoms with Crippen molar-refractivity contribution in [3.63, 3.8) is 0 Å². The highest BCUT2D eigenvalue weighted by molar-refractivity contribution is 6.11. The molecule has 0 radical (unpaired) electrons. The lowest BCUT2D eigenvalue weighted by atomic mass is 9.87. The number of nitrogens with zero attached hydrogens (tertiary/aromatic N) is 2. The summed E-state index contributed by atoms with van der Waals surface area (Å²) in [5, 5.41) is 8.37. The molecule has 3 rings (SSSR count). The van der Waals surface area contributed by atoms with Crippen LogP contribution in [0.1, 0.15) is 50.7 Å². The maximum absolute atomic E-state index is 13.3. The van der Waals surface area contributed by atoms with Crippen molar-refractivity contribution in [2.24, 2.45) is 5.92 Å². The third-order valence-corrected chi connectivity index (χ3v) is 4.93. The molecule has 0 aliphatic carbocycles. The van der Waals surface area contributed by atoms with Crippen LogP contribution in [0.25, 0.3) is 10.8 Å². The molecule has 6 heteroatoms. The molecule has 1 aromatic heterocycles. The van der Waals surface area contributed by atoms with E-state index in [-0.39, 0.29) is 28.5 Å². The molecule has 0 spiro atoms. The first-order valence-electron chi connectivity index (χ1n) is 10.1. The van der Waals surface area contributed by atoms with Gasteiger partial charge in [0.2, 0.25) is 0 Å². The van der Waals surface area contributed by atoms with Crippen LogP contribution in [0.3, 0.4) is 0 Å². The Bertz CT molecular complexity index is 1140. The number of rotatable bonds is 5. The van der Waals surface area contributed by atoms with Crippen LogP contribution in [0.4, 0.5) is 5.69 Å². The van der Waals surface area contributed by atoms with E-state index in [4.69, 9.17) is 4.74 Å². The summed E-state index contributed by atoms with van der Waals surface area (Å²) in [7, 11) is 1.57. The van der Waals surface area contributed by atoms with Gasteiger partial charge in [0.05, 0.1) is 18.2 Å². The molecular weight excluding hydrogens is 378 g/mol. The molecule has 0 aliphatic rings. The fourth-order valence-electron chi connectivity index (χ4n) is 3.33. The lowest BCUT2D eigenvalue weighted by molar-refractivity contribution is 0.102. The molecule has 0 atom stereocenters. The van der Waals surface area contributed by atoms with Crippen molar-refractivity contribution in [1.82, 2.24) is 9.78 Å². The largest absolute Gasteiger partial charge is 0.495 e. The lowest BCUT2D eigenvalue weighted by Crippen LogP contribution is -2.29. The lowest BCUT2D eigenvalue weighted by Gasteiger charge is -2.21. The predicted molar refractivity (Wildman–Crippen MR) is 120 cm³/mol. The van der Waals surface area contributed by atoms with Gasteiger partial charge >= 0.3 is 0 Å². The zero-order valence-electron chi connectivity index (χ0n) is 18.4. The highest BCUT2D eigenvalue weighted by Crippen LogP contribution is 2.32. The van der Waals surface area contributed by atoms with Crippen LogP contribution in [0, 0.1) is 5.92 Å². The number of hydrogen-bond acceptors (Lipinski definition) is 4. The van der Waals surface area contributed by atoms with Crippen LogP contribution in [0.15, 0.2) is 47.3 Å². The van der Waals surface area contributed by atoms with Crippen LogP contribution < -0.4 is 15.6 Å². The minimum absolute atomic E-state index is 0.0822. The molecule has 0 bridgehead atoms. The van der Waals surface area contributed by atoms with Crippen molar-refractivity contribution >= 4 is 22.4 Å². The summed E-state index contributed by atoms with van der Waals surface area (Å²) in [6.07, 6.45) is 0. The first-order chi connectivity index (χ1) is 14.1. The Kier molecular flexibility index (Phi) is 5.97. The second kappa shape index (κ2) is 8.30. The molecule has 0 saturated heterocycles. The summed E-state index contributed by atoms with van der Waals surface area (Å²) in [4.78, 5) is 26.1. The van der Waals surface area contributed by atoms with Gasteiger partial charge < -0.3 is 10.1 Å². The van der Waals surface area contributed by atoms with E-state index in [1.807, 2.05) is 32.0 Å².